The largest absolute Gasteiger partial charge is 0.307 e. The highest BCUT2D eigenvalue weighted by molar-refractivity contribution is 5.41. The molecule has 2 aromatic carbocycles. The third-order valence-corrected chi connectivity index (χ3v) is 4.38. The Bertz CT molecular complexity index is 648. The molecule has 0 aromatic heterocycles. The Hall–Kier alpha value is -1.67. The molecular formula is C19H22FN. The number of benzene rings is 2. The van der Waals surface area contributed by atoms with Crippen LogP contribution >= 0.6 is 0 Å². The minimum Gasteiger partial charge on any atom is -0.307 e. The Morgan fingerprint density at radius 3 is 2.52 bits per heavy atom. The van der Waals surface area contributed by atoms with Crippen molar-refractivity contribution >= 4 is 0 Å². The average molecular weight is 283 g/mol. The first-order valence-corrected chi connectivity index (χ1v) is 7.80. The van der Waals surface area contributed by atoms with Crippen LogP contribution in [0.4, 0.5) is 4.39 Å². The molecule has 1 nitrogen and oxygen atoms in total. The van der Waals surface area contributed by atoms with Crippen LogP contribution in [-0.2, 0) is 12.8 Å². The van der Waals surface area contributed by atoms with Gasteiger partial charge in [-0.25, -0.2) is 4.39 Å². The lowest BCUT2D eigenvalue weighted by molar-refractivity contribution is 0.606. The van der Waals surface area contributed by atoms with Crippen LogP contribution in [-0.4, -0.2) is 6.54 Å². The van der Waals surface area contributed by atoms with Gasteiger partial charge in [-0.05, 0) is 66.6 Å². The first kappa shape index (κ1) is 14.3. The highest BCUT2D eigenvalue weighted by Crippen LogP contribution is 2.29. The van der Waals surface area contributed by atoms with Crippen LogP contribution < -0.4 is 5.32 Å². The van der Waals surface area contributed by atoms with Crippen molar-refractivity contribution < 1.29 is 4.39 Å². The fourth-order valence-corrected chi connectivity index (χ4v) is 3.25. The van der Waals surface area contributed by atoms with Crippen molar-refractivity contribution in [1.29, 1.82) is 0 Å². The van der Waals surface area contributed by atoms with Crippen molar-refractivity contribution in [3.8, 4) is 0 Å². The van der Waals surface area contributed by atoms with E-state index in [2.05, 4.69) is 30.4 Å². The lowest BCUT2D eigenvalue weighted by Crippen LogP contribution is -2.22. The van der Waals surface area contributed by atoms with Gasteiger partial charge >= 0.3 is 0 Å². The second-order valence-corrected chi connectivity index (χ2v) is 5.88. The van der Waals surface area contributed by atoms with E-state index in [9.17, 15) is 4.39 Å². The molecular weight excluding hydrogens is 261 g/mol. The lowest BCUT2D eigenvalue weighted by atomic mass is 9.94. The SMILES string of the molecule is CCNC(c1ccc(F)c(C)c1)c1ccc2c(c1)CCC2. The van der Waals surface area contributed by atoms with E-state index in [4.69, 9.17) is 0 Å². The van der Waals surface area contributed by atoms with Crippen molar-refractivity contribution in [1.82, 2.24) is 5.32 Å². The van der Waals surface area contributed by atoms with Gasteiger partial charge in [-0.2, -0.15) is 0 Å². The van der Waals surface area contributed by atoms with Crippen molar-refractivity contribution in [2.45, 2.75) is 39.2 Å². The van der Waals surface area contributed by atoms with Gasteiger partial charge in [-0.3, -0.25) is 0 Å². The number of fused-ring (bicyclic) bond motifs is 1. The fraction of sp³-hybridized carbons (Fsp3) is 0.368. The molecule has 1 N–H and O–H groups in total. The Kier molecular flexibility index (Phi) is 4.07. The normalized spacial score (nSPS) is 15.0. The fourth-order valence-electron chi connectivity index (χ4n) is 3.25. The zero-order valence-corrected chi connectivity index (χ0v) is 12.7. The molecule has 1 unspecified atom stereocenters. The van der Waals surface area contributed by atoms with Gasteiger partial charge in [0.25, 0.3) is 0 Å². The lowest BCUT2D eigenvalue weighted by Gasteiger charge is -2.20. The molecule has 2 aromatic rings. The summed E-state index contributed by atoms with van der Waals surface area (Å²) in [5.41, 5.74) is 6.09. The molecule has 0 saturated heterocycles. The Balaban J connectivity index is 1.99. The van der Waals surface area contributed by atoms with Gasteiger partial charge in [0.2, 0.25) is 0 Å². The van der Waals surface area contributed by atoms with Crippen LogP contribution in [0, 0.1) is 12.7 Å². The third kappa shape index (κ3) is 2.86. The van der Waals surface area contributed by atoms with Gasteiger partial charge in [0.15, 0.2) is 0 Å². The molecule has 2 heteroatoms. The van der Waals surface area contributed by atoms with E-state index in [1.54, 1.807) is 6.07 Å². The molecule has 0 bridgehead atoms. The van der Waals surface area contributed by atoms with E-state index < -0.39 is 0 Å². The van der Waals surface area contributed by atoms with Gasteiger partial charge in [-0.1, -0.05) is 37.3 Å². The number of aryl methyl sites for hydroxylation is 3. The highest BCUT2D eigenvalue weighted by atomic mass is 19.1. The van der Waals surface area contributed by atoms with Crippen molar-refractivity contribution in [2.24, 2.45) is 0 Å². The second-order valence-electron chi connectivity index (χ2n) is 5.88. The summed E-state index contributed by atoms with van der Waals surface area (Å²) in [5, 5.41) is 3.53. The predicted octanol–water partition coefficient (Wildman–Crippen LogP) is 4.32. The molecule has 0 fully saturated rings. The van der Waals surface area contributed by atoms with Crippen LogP contribution in [0.3, 0.4) is 0 Å². The van der Waals surface area contributed by atoms with E-state index in [0.717, 1.165) is 12.1 Å². The molecule has 1 aliphatic rings. The minimum atomic E-state index is -0.136. The van der Waals surface area contributed by atoms with Crippen LogP contribution in [0.1, 0.15) is 47.2 Å². The van der Waals surface area contributed by atoms with Crippen LogP contribution in [0.2, 0.25) is 0 Å². The summed E-state index contributed by atoms with van der Waals surface area (Å²) >= 11 is 0. The van der Waals surface area contributed by atoms with Crippen molar-refractivity contribution in [3.63, 3.8) is 0 Å². The van der Waals surface area contributed by atoms with Gasteiger partial charge in [0, 0.05) is 0 Å². The number of halogens is 1. The monoisotopic (exact) mass is 283 g/mol. The van der Waals surface area contributed by atoms with Crippen LogP contribution in [0.15, 0.2) is 36.4 Å². The van der Waals surface area contributed by atoms with Gasteiger partial charge in [-0.15, -0.1) is 0 Å². The number of rotatable bonds is 4. The summed E-state index contributed by atoms with van der Waals surface area (Å²) in [6.45, 7) is 4.82. The molecule has 1 aliphatic carbocycles. The first-order chi connectivity index (χ1) is 10.2. The molecule has 0 amide bonds. The number of hydrogen-bond acceptors (Lipinski definition) is 1. The molecule has 0 radical (unpaired) electrons. The molecule has 21 heavy (non-hydrogen) atoms. The molecule has 0 spiro atoms. The first-order valence-electron chi connectivity index (χ1n) is 7.80. The quantitative estimate of drug-likeness (QED) is 0.881. The Morgan fingerprint density at radius 2 is 1.76 bits per heavy atom. The summed E-state index contributed by atoms with van der Waals surface area (Å²) < 4.78 is 13.5. The second kappa shape index (κ2) is 5.98. The average Bonchev–Trinajstić information content (AvgIpc) is 2.95. The van der Waals surface area contributed by atoms with E-state index >= 15 is 0 Å². The van der Waals surface area contributed by atoms with E-state index in [0.29, 0.717) is 5.56 Å². The van der Waals surface area contributed by atoms with Crippen molar-refractivity contribution in [2.75, 3.05) is 6.54 Å². The van der Waals surface area contributed by atoms with Crippen molar-refractivity contribution in [3.05, 3.63) is 70.0 Å². The predicted molar refractivity (Wildman–Crippen MR) is 85.1 cm³/mol. The summed E-state index contributed by atoms with van der Waals surface area (Å²) in [6, 6.07) is 12.4. The maximum Gasteiger partial charge on any atom is 0.126 e. The number of hydrogen-bond donors (Lipinski definition) is 1. The zero-order chi connectivity index (χ0) is 14.8. The smallest absolute Gasteiger partial charge is 0.126 e. The van der Waals surface area contributed by atoms with Gasteiger partial charge in [0.05, 0.1) is 6.04 Å². The molecule has 0 heterocycles. The summed E-state index contributed by atoms with van der Waals surface area (Å²) in [6.07, 6.45) is 3.65. The van der Waals surface area contributed by atoms with E-state index in [1.807, 2.05) is 19.1 Å². The highest BCUT2D eigenvalue weighted by Gasteiger charge is 2.17. The van der Waals surface area contributed by atoms with E-state index in [1.165, 1.54) is 36.0 Å². The minimum absolute atomic E-state index is 0.136. The van der Waals surface area contributed by atoms with E-state index in [-0.39, 0.29) is 11.9 Å². The Morgan fingerprint density at radius 1 is 1.05 bits per heavy atom. The maximum atomic E-state index is 13.5. The molecule has 0 saturated carbocycles. The Labute approximate surface area is 126 Å². The number of nitrogens with one attached hydrogen (secondary N) is 1. The zero-order valence-electron chi connectivity index (χ0n) is 12.7. The molecule has 1 atom stereocenters. The summed E-state index contributed by atoms with van der Waals surface area (Å²) in [4.78, 5) is 0. The van der Waals surface area contributed by atoms with Gasteiger partial charge < -0.3 is 5.32 Å². The van der Waals surface area contributed by atoms with Gasteiger partial charge in [0.1, 0.15) is 5.82 Å². The standard InChI is InChI=1S/C19H22FN/c1-3-21-19(16-9-10-18(20)13(2)11-16)17-8-7-14-5-4-6-15(14)12-17/h7-12,19,21H,3-6H2,1-2H3. The topological polar surface area (TPSA) is 12.0 Å². The van der Waals surface area contributed by atoms with Crippen LogP contribution in [0.25, 0.3) is 0 Å². The maximum absolute atomic E-state index is 13.5. The molecule has 110 valence electrons. The molecule has 3 rings (SSSR count). The summed E-state index contributed by atoms with van der Waals surface area (Å²) in [5.74, 6) is -0.136. The molecule has 0 aliphatic heterocycles. The van der Waals surface area contributed by atoms with Crippen LogP contribution in [0.5, 0.6) is 0 Å². The third-order valence-electron chi connectivity index (χ3n) is 4.38. The summed E-state index contributed by atoms with van der Waals surface area (Å²) in [7, 11) is 0.